The average Bonchev–Trinajstić information content (AvgIpc) is 2.74. The first-order valence-electron chi connectivity index (χ1n) is 4.94. The van der Waals surface area contributed by atoms with Crippen molar-refractivity contribution in [1.82, 2.24) is 4.90 Å². The molecule has 1 saturated heterocycles. The van der Waals surface area contributed by atoms with Gasteiger partial charge in [-0.1, -0.05) is 5.92 Å². The number of likely N-dealkylation sites (tertiary alicyclic amines) is 1. The molecule has 1 atom stereocenters. The van der Waals surface area contributed by atoms with Crippen LogP contribution in [0.1, 0.15) is 32.1 Å². The third kappa shape index (κ3) is 1.36. The van der Waals surface area contributed by atoms with E-state index in [4.69, 9.17) is 6.42 Å². The van der Waals surface area contributed by atoms with Crippen molar-refractivity contribution in [3.8, 4) is 12.3 Å². The predicted molar refractivity (Wildman–Crippen MR) is 50.8 cm³/mol. The van der Waals surface area contributed by atoms with Crippen LogP contribution in [0.25, 0.3) is 0 Å². The van der Waals surface area contributed by atoms with Crippen LogP contribution in [0.3, 0.4) is 0 Å². The van der Waals surface area contributed by atoms with E-state index in [0.717, 1.165) is 6.04 Å². The molecule has 1 heterocycles. The molecule has 0 radical (unpaired) electrons. The lowest BCUT2D eigenvalue weighted by molar-refractivity contribution is 0.272. The Hall–Kier alpha value is -0.480. The summed E-state index contributed by atoms with van der Waals surface area (Å²) < 4.78 is 0. The van der Waals surface area contributed by atoms with Gasteiger partial charge in [0, 0.05) is 11.5 Å². The number of rotatable bonds is 2. The average molecular weight is 163 g/mol. The molecule has 1 aliphatic heterocycles. The van der Waals surface area contributed by atoms with Gasteiger partial charge in [-0.3, -0.25) is 0 Å². The van der Waals surface area contributed by atoms with Crippen LogP contribution in [0.2, 0.25) is 0 Å². The van der Waals surface area contributed by atoms with Crippen LogP contribution in [-0.4, -0.2) is 24.5 Å². The van der Waals surface area contributed by atoms with Crippen LogP contribution >= 0.6 is 0 Å². The van der Waals surface area contributed by atoms with Gasteiger partial charge in [0.05, 0.1) is 0 Å². The minimum Gasteiger partial charge on any atom is -0.303 e. The molecule has 1 unspecified atom stereocenters. The van der Waals surface area contributed by atoms with Crippen molar-refractivity contribution in [1.29, 1.82) is 0 Å². The Morgan fingerprint density at radius 3 is 2.75 bits per heavy atom. The summed E-state index contributed by atoms with van der Waals surface area (Å²) in [4.78, 5) is 2.47. The molecule has 12 heavy (non-hydrogen) atoms. The fourth-order valence-corrected chi connectivity index (χ4v) is 2.25. The third-order valence-corrected chi connectivity index (χ3v) is 3.46. The smallest absolute Gasteiger partial charge is 0.0328 e. The Kier molecular flexibility index (Phi) is 1.88. The molecule has 0 aromatic heterocycles. The van der Waals surface area contributed by atoms with E-state index in [-0.39, 0.29) is 0 Å². The van der Waals surface area contributed by atoms with Crippen LogP contribution in [-0.2, 0) is 0 Å². The second kappa shape index (κ2) is 2.78. The van der Waals surface area contributed by atoms with E-state index in [0.29, 0.717) is 5.41 Å². The van der Waals surface area contributed by atoms with Gasteiger partial charge in [0.15, 0.2) is 0 Å². The molecule has 1 heteroatoms. The monoisotopic (exact) mass is 163 g/mol. The van der Waals surface area contributed by atoms with Crippen molar-refractivity contribution in [2.75, 3.05) is 13.6 Å². The molecule has 0 amide bonds. The number of hydrogen-bond donors (Lipinski definition) is 0. The molecule has 2 aliphatic rings. The summed E-state index contributed by atoms with van der Waals surface area (Å²) in [7, 11) is 2.23. The Balaban J connectivity index is 1.91. The fourth-order valence-electron chi connectivity index (χ4n) is 2.25. The first-order valence-corrected chi connectivity index (χ1v) is 4.94. The maximum Gasteiger partial charge on any atom is 0.0328 e. The molecule has 0 bridgehead atoms. The highest BCUT2D eigenvalue weighted by Crippen LogP contribution is 2.50. The van der Waals surface area contributed by atoms with Gasteiger partial charge in [-0.05, 0) is 45.7 Å². The van der Waals surface area contributed by atoms with Gasteiger partial charge < -0.3 is 4.90 Å². The molecule has 2 fully saturated rings. The molecule has 66 valence electrons. The highest BCUT2D eigenvalue weighted by Gasteiger charge is 2.43. The summed E-state index contributed by atoms with van der Waals surface area (Å²) in [6, 6.07) is 0.781. The number of terminal acetylenes is 1. The summed E-state index contributed by atoms with van der Waals surface area (Å²) >= 11 is 0. The van der Waals surface area contributed by atoms with E-state index in [9.17, 15) is 0 Å². The molecule has 0 aromatic carbocycles. The lowest BCUT2D eigenvalue weighted by Gasteiger charge is -2.21. The SMILES string of the molecule is C#CC1(CC2CCCN2C)CC1. The van der Waals surface area contributed by atoms with Crippen LogP contribution in [0.5, 0.6) is 0 Å². The molecular formula is C11H17N. The number of nitrogens with zero attached hydrogens (tertiary/aromatic N) is 1. The van der Waals surface area contributed by atoms with Crippen molar-refractivity contribution in [2.45, 2.75) is 38.1 Å². The van der Waals surface area contributed by atoms with Crippen LogP contribution in [0.15, 0.2) is 0 Å². The van der Waals surface area contributed by atoms with Gasteiger partial charge in [0.25, 0.3) is 0 Å². The van der Waals surface area contributed by atoms with E-state index >= 15 is 0 Å². The zero-order valence-corrected chi connectivity index (χ0v) is 7.84. The molecule has 0 aromatic rings. The zero-order valence-electron chi connectivity index (χ0n) is 7.84. The molecule has 0 N–H and O–H groups in total. The highest BCUT2D eigenvalue weighted by molar-refractivity contribution is 5.16. The minimum atomic E-state index is 0.323. The van der Waals surface area contributed by atoms with E-state index in [1.165, 1.54) is 38.6 Å². The van der Waals surface area contributed by atoms with Crippen molar-refractivity contribution in [3.63, 3.8) is 0 Å². The van der Waals surface area contributed by atoms with Gasteiger partial charge in [-0.15, -0.1) is 6.42 Å². The van der Waals surface area contributed by atoms with Crippen molar-refractivity contribution >= 4 is 0 Å². The van der Waals surface area contributed by atoms with Crippen LogP contribution < -0.4 is 0 Å². The van der Waals surface area contributed by atoms with E-state index in [1.807, 2.05) is 0 Å². The summed E-state index contributed by atoms with van der Waals surface area (Å²) in [5, 5.41) is 0. The lowest BCUT2D eigenvalue weighted by Crippen LogP contribution is -2.27. The van der Waals surface area contributed by atoms with E-state index in [1.54, 1.807) is 0 Å². The van der Waals surface area contributed by atoms with Crippen LogP contribution in [0.4, 0.5) is 0 Å². The summed E-state index contributed by atoms with van der Waals surface area (Å²) in [5.74, 6) is 2.97. The van der Waals surface area contributed by atoms with Gasteiger partial charge in [-0.2, -0.15) is 0 Å². The Morgan fingerprint density at radius 2 is 2.33 bits per heavy atom. The zero-order chi connectivity index (χ0) is 8.60. The normalized spacial score (nSPS) is 33.2. The van der Waals surface area contributed by atoms with Crippen molar-refractivity contribution in [3.05, 3.63) is 0 Å². The van der Waals surface area contributed by atoms with Gasteiger partial charge >= 0.3 is 0 Å². The summed E-state index contributed by atoms with van der Waals surface area (Å²) in [6.45, 7) is 1.27. The van der Waals surface area contributed by atoms with E-state index in [2.05, 4.69) is 17.9 Å². The molecule has 0 spiro atoms. The van der Waals surface area contributed by atoms with Crippen molar-refractivity contribution in [2.24, 2.45) is 5.41 Å². The van der Waals surface area contributed by atoms with Crippen LogP contribution in [0, 0.1) is 17.8 Å². The Bertz CT molecular complexity index is 210. The van der Waals surface area contributed by atoms with Gasteiger partial charge in [0.1, 0.15) is 0 Å². The van der Waals surface area contributed by atoms with Crippen molar-refractivity contribution < 1.29 is 0 Å². The molecule has 1 saturated carbocycles. The molecular weight excluding hydrogens is 146 g/mol. The maximum atomic E-state index is 5.52. The second-order valence-corrected chi connectivity index (χ2v) is 4.41. The molecule has 1 nitrogen and oxygen atoms in total. The molecule has 1 aliphatic carbocycles. The standard InChI is InChI=1S/C11H17N/c1-3-11(6-7-11)9-10-5-4-8-12(10)2/h1,10H,4-9H2,2H3. The third-order valence-electron chi connectivity index (χ3n) is 3.46. The summed E-state index contributed by atoms with van der Waals surface area (Å²) in [6.07, 6.45) is 12.0. The first-order chi connectivity index (χ1) is 5.76. The molecule has 2 rings (SSSR count). The van der Waals surface area contributed by atoms with E-state index < -0.39 is 0 Å². The predicted octanol–water partition coefficient (Wildman–Crippen LogP) is 1.88. The van der Waals surface area contributed by atoms with Gasteiger partial charge in [-0.25, -0.2) is 0 Å². The lowest BCUT2D eigenvalue weighted by atomic mass is 9.96. The Labute approximate surface area is 75.1 Å². The van der Waals surface area contributed by atoms with Gasteiger partial charge in [0.2, 0.25) is 0 Å². The topological polar surface area (TPSA) is 3.24 Å². The largest absolute Gasteiger partial charge is 0.303 e. The number of hydrogen-bond acceptors (Lipinski definition) is 1. The minimum absolute atomic E-state index is 0.323. The maximum absolute atomic E-state index is 5.52. The second-order valence-electron chi connectivity index (χ2n) is 4.41. The summed E-state index contributed by atoms with van der Waals surface area (Å²) in [5.41, 5.74) is 0.323. The quantitative estimate of drug-likeness (QED) is 0.562. The Morgan fingerprint density at radius 1 is 1.58 bits per heavy atom. The first kappa shape index (κ1) is 8.13. The highest BCUT2D eigenvalue weighted by atomic mass is 15.1. The fraction of sp³-hybridized carbons (Fsp3) is 0.818.